The van der Waals surface area contributed by atoms with Crippen molar-refractivity contribution in [1.29, 1.82) is 0 Å². The van der Waals surface area contributed by atoms with E-state index in [9.17, 15) is 4.79 Å². The van der Waals surface area contributed by atoms with Gasteiger partial charge < -0.3 is 14.8 Å². The van der Waals surface area contributed by atoms with E-state index in [1.165, 1.54) is 7.11 Å². The second-order valence-electron chi connectivity index (χ2n) is 3.91. The third-order valence-corrected chi connectivity index (χ3v) is 2.54. The van der Waals surface area contributed by atoms with Crippen molar-refractivity contribution in [2.24, 2.45) is 0 Å². The van der Waals surface area contributed by atoms with Crippen molar-refractivity contribution in [3.05, 3.63) is 42.6 Å². The van der Waals surface area contributed by atoms with Gasteiger partial charge in [-0.1, -0.05) is 6.07 Å². The Morgan fingerprint density at radius 2 is 2.00 bits per heavy atom. The third-order valence-electron chi connectivity index (χ3n) is 2.54. The monoisotopic (exact) mass is 273 g/mol. The Morgan fingerprint density at radius 3 is 2.65 bits per heavy atom. The number of amides is 1. The summed E-state index contributed by atoms with van der Waals surface area (Å²) < 4.78 is 9.64. The average Bonchev–Trinajstić information content (AvgIpc) is 2.49. The predicted octanol–water partition coefficient (Wildman–Crippen LogP) is 3.01. The van der Waals surface area contributed by atoms with Crippen molar-refractivity contribution in [2.45, 2.75) is 0 Å². The molecule has 0 spiro atoms. The molecule has 1 aromatic heterocycles. The van der Waals surface area contributed by atoms with E-state index in [-0.39, 0.29) is 0 Å². The lowest BCUT2D eigenvalue weighted by molar-refractivity contribution is 0.187. The summed E-state index contributed by atoms with van der Waals surface area (Å²) in [6, 6.07) is 11.0. The van der Waals surface area contributed by atoms with Crippen LogP contribution in [-0.2, 0) is 4.74 Å². The number of nitrogens with zero attached hydrogens (tertiary/aromatic N) is 1. The summed E-state index contributed by atoms with van der Waals surface area (Å²) in [6.07, 6.45) is 1.01. The number of anilines is 3. The summed E-state index contributed by atoms with van der Waals surface area (Å²) >= 11 is 0. The number of methoxy groups -OCH3 is 2. The topological polar surface area (TPSA) is 72.5 Å². The van der Waals surface area contributed by atoms with Crippen molar-refractivity contribution in [3.8, 4) is 5.75 Å². The van der Waals surface area contributed by atoms with Crippen LogP contribution in [-0.4, -0.2) is 25.3 Å². The van der Waals surface area contributed by atoms with E-state index in [0.29, 0.717) is 11.5 Å². The molecular weight excluding hydrogens is 258 g/mol. The molecule has 0 aliphatic heterocycles. The van der Waals surface area contributed by atoms with E-state index >= 15 is 0 Å². The highest BCUT2D eigenvalue weighted by molar-refractivity contribution is 5.84. The van der Waals surface area contributed by atoms with Gasteiger partial charge >= 0.3 is 6.09 Å². The molecule has 0 unspecified atom stereocenters. The fourth-order valence-electron chi connectivity index (χ4n) is 1.56. The molecule has 6 heteroatoms. The van der Waals surface area contributed by atoms with Gasteiger partial charge in [-0.25, -0.2) is 9.78 Å². The minimum atomic E-state index is -0.527. The average molecular weight is 273 g/mol. The highest BCUT2D eigenvalue weighted by Crippen LogP contribution is 2.20. The van der Waals surface area contributed by atoms with Gasteiger partial charge in [-0.3, -0.25) is 5.32 Å². The number of benzene rings is 1. The Bertz CT molecular complexity index is 584. The minimum Gasteiger partial charge on any atom is -0.497 e. The number of aromatic nitrogens is 1. The van der Waals surface area contributed by atoms with E-state index in [1.807, 2.05) is 24.3 Å². The number of ether oxygens (including phenoxy) is 2. The standard InChI is InChI=1S/C14H15N3O3/c1-19-12-5-3-4-10(8-12)16-13-7-6-11(9-15-13)17-14(18)20-2/h3-9H,1-2H3,(H,15,16)(H,17,18). The second-order valence-corrected chi connectivity index (χ2v) is 3.91. The van der Waals surface area contributed by atoms with Crippen LogP contribution in [0.25, 0.3) is 0 Å². The summed E-state index contributed by atoms with van der Waals surface area (Å²) in [5.41, 5.74) is 1.43. The normalized spacial score (nSPS) is 9.70. The molecule has 0 aliphatic carbocycles. The molecule has 2 aromatic rings. The highest BCUT2D eigenvalue weighted by Gasteiger charge is 2.02. The van der Waals surface area contributed by atoms with Crippen molar-refractivity contribution in [2.75, 3.05) is 24.9 Å². The zero-order valence-electron chi connectivity index (χ0n) is 11.2. The Morgan fingerprint density at radius 1 is 1.15 bits per heavy atom. The lowest BCUT2D eigenvalue weighted by atomic mass is 10.3. The Kier molecular flexibility index (Phi) is 4.39. The van der Waals surface area contributed by atoms with Gasteiger partial charge in [0.2, 0.25) is 0 Å². The Labute approximate surface area is 116 Å². The molecule has 1 aromatic carbocycles. The van der Waals surface area contributed by atoms with Crippen molar-refractivity contribution in [1.82, 2.24) is 4.98 Å². The number of hydrogen-bond donors (Lipinski definition) is 2. The Hall–Kier alpha value is -2.76. The quantitative estimate of drug-likeness (QED) is 0.895. The van der Waals surface area contributed by atoms with E-state index < -0.39 is 6.09 Å². The van der Waals surface area contributed by atoms with Crippen LogP contribution in [0.5, 0.6) is 5.75 Å². The first-order chi connectivity index (χ1) is 9.71. The van der Waals surface area contributed by atoms with Gasteiger partial charge in [0.15, 0.2) is 0 Å². The number of nitrogens with one attached hydrogen (secondary N) is 2. The lowest BCUT2D eigenvalue weighted by Crippen LogP contribution is -2.11. The first-order valence-corrected chi connectivity index (χ1v) is 5.93. The molecule has 2 N–H and O–H groups in total. The van der Waals surface area contributed by atoms with Gasteiger partial charge in [-0.2, -0.15) is 0 Å². The molecule has 1 heterocycles. The maximum absolute atomic E-state index is 11.0. The largest absolute Gasteiger partial charge is 0.497 e. The van der Waals surface area contributed by atoms with E-state index in [0.717, 1.165) is 11.4 Å². The van der Waals surface area contributed by atoms with Gasteiger partial charge in [0.1, 0.15) is 11.6 Å². The maximum Gasteiger partial charge on any atom is 0.411 e. The molecule has 0 saturated carbocycles. The molecule has 1 amide bonds. The second kappa shape index (κ2) is 6.42. The maximum atomic E-state index is 11.0. The predicted molar refractivity (Wildman–Crippen MR) is 76.5 cm³/mol. The van der Waals surface area contributed by atoms with Gasteiger partial charge in [-0.05, 0) is 24.3 Å². The van der Waals surface area contributed by atoms with Crippen LogP contribution in [0.3, 0.4) is 0 Å². The van der Waals surface area contributed by atoms with Gasteiger partial charge in [0, 0.05) is 11.8 Å². The van der Waals surface area contributed by atoms with Crippen LogP contribution in [0, 0.1) is 0 Å². The molecule has 2 rings (SSSR count). The molecule has 6 nitrogen and oxygen atoms in total. The molecule has 0 atom stereocenters. The number of pyridine rings is 1. The van der Waals surface area contributed by atoms with Crippen LogP contribution in [0.15, 0.2) is 42.6 Å². The first kappa shape index (κ1) is 13.7. The van der Waals surface area contributed by atoms with Crippen molar-refractivity contribution >= 4 is 23.3 Å². The highest BCUT2D eigenvalue weighted by atomic mass is 16.5. The zero-order chi connectivity index (χ0) is 14.4. The van der Waals surface area contributed by atoms with Crippen LogP contribution in [0.2, 0.25) is 0 Å². The molecule has 0 fully saturated rings. The van der Waals surface area contributed by atoms with Crippen molar-refractivity contribution < 1.29 is 14.3 Å². The van der Waals surface area contributed by atoms with E-state index in [4.69, 9.17) is 4.74 Å². The Balaban J connectivity index is 2.04. The van der Waals surface area contributed by atoms with Gasteiger partial charge in [0.05, 0.1) is 26.1 Å². The van der Waals surface area contributed by atoms with E-state index in [2.05, 4.69) is 20.4 Å². The summed E-state index contributed by atoms with van der Waals surface area (Å²) in [5, 5.41) is 5.67. The lowest BCUT2D eigenvalue weighted by Gasteiger charge is -2.08. The molecule has 0 radical (unpaired) electrons. The zero-order valence-corrected chi connectivity index (χ0v) is 11.2. The van der Waals surface area contributed by atoms with Gasteiger partial charge in [0.25, 0.3) is 0 Å². The van der Waals surface area contributed by atoms with Crippen molar-refractivity contribution in [3.63, 3.8) is 0 Å². The summed E-state index contributed by atoms with van der Waals surface area (Å²) in [6.45, 7) is 0. The smallest absolute Gasteiger partial charge is 0.411 e. The number of carbonyl (C=O) groups is 1. The van der Waals surface area contributed by atoms with Gasteiger partial charge in [-0.15, -0.1) is 0 Å². The summed E-state index contributed by atoms with van der Waals surface area (Å²) in [4.78, 5) is 15.2. The van der Waals surface area contributed by atoms with E-state index in [1.54, 1.807) is 25.4 Å². The number of carbonyl (C=O) groups excluding carboxylic acids is 1. The summed E-state index contributed by atoms with van der Waals surface area (Å²) in [5.74, 6) is 1.42. The molecule has 104 valence electrons. The molecule has 0 aliphatic rings. The first-order valence-electron chi connectivity index (χ1n) is 5.93. The van der Waals surface area contributed by atoms with Crippen LogP contribution in [0.4, 0.5) is 22.0 Å². The molecular formula is C14H15N3O3. The molecule has 0 saturated heterocycles. The van der Waals surface area contributed by atoms with Crippen LogP contribution >= 0.6 is 0 Å². The molecule has 20 heavy (non-hydrogen) atoms. The fraction of sp³-hybridized carbons (Fsp3) is 0.143. The SMILES string of the molecule is COC(=O)Nc1ccc(Nc2cccc(OC)c2)nc1. The number of hydrogen-bond acceptors (Lipinski definition) is 5. The third kappa shape index (κ3) is 3.61. The fourth-order valence-corrected chi connectivity index (χ4v) is 1.56. The number of rotatable bonds is 4. The molecule has 0 bridgehead atoms. The van der Waals surface area contributed by atoms with Crippen LogP contribution in [0.1, 0.15) is 0 Å². The minimum absolute atomic E-state index is 0.527. The van der Waals surface area contributed by atoms with Crippen LogP contribution < -0.4 is 15.4 Å². The summed E-state index contributed by atoms with van der Waals surface area (Å²) in [7, 11) is 2.92.